The molecule has 1 unspecified atom stereocenters. The average Bonchev–Trinajstić information content (AvgIpc) is 2.86. The minimum absolute atomic E-state index is 0.0430. The van der Waals surface area contributed by atoms with E-state index in [4.69, 9.17) is 14.2 Å². The van der Waals surface area contributed by atoms with E-state index >= 15 is 0 Å². The fourth-order valence-corrected chi connectivity index (χ4v) is 2.52. The number of fused-ring (bicyclic) bond motifs is 1. The monoisotopic (exact) mass is 247 g/mol. The fraction of sp³-hybridized carbons (Fsp3) is 1.00. The Hall–Kier alpha value is -0.960. The lowest BCUT2D eigenvalue weighted by Gasteiger charge is -2.25. The largest absolute Gasteiger partial charge is 0.385 e. The lowest BCUT2D eigenvalue weighted by atomic mass is 9.91. The average molecular weight is 247 g/mol. The van der Waals surface area contributed by atoms with Crippen molar-refractivity contribution in [3.8, 4) is 0 Å². The SMILES string of the molecule is O=[N+]([O-])O[C@H]1CO[C@H]2[C@@H]1OC[C@]2(O)CC1CO1. The zero-order valence-corrected chi connectivity index (χ0v) is 8.98. The van der Waals surface area contributed by atoms with E-state index in [1.807, 2.05) is 0 Å². The molecule has 96 valence electrons. The van der Waals surface area contributed by atoms with Crippen molar-refractivity contribution < 1.29 is 29.2 Å². The first-order chi connectivity index (χ1) is 8.08. The van der Waals surface area contributed by atoms with Gasteiger partial charge in [0.05, 0.1) is 25.9 Å². The number of aliphatic hydroxyl groups is 1. The summed E-state index contributed by atoms with van der Waals surface area (Å²) in [5, 5.41) is 19.8. The maximum atomic E-state index is 10.4. The van der Waals surface area contributed by atoms with E-state index < -0.39 is 29.0 Å². The summed E-state index contributed by atoms with van der Waals surface area (Å²) in [7, 11) is 0. The van der Waals surface area contributed by atoms with Gasteiger partial charge >= 0.3 is 0 Å². The van der Waals surface area contributed by atoms with E-state index in [2.05, 4.69) is 4.84 Å². The van der Waals surface area contributed by atoms with Gasteiger partial charge in [0.2, 0.25) is 0 Å². The van der Waals surface area contributed by atoms with Gasteiger partial charge in [0.15, 0.2) is 6.10 Å². The predicted molar refractivity (Wildman–Crippen MR) is 50.7 cm³/mol. The number of rotatable bonds is 4. The van der Waals surface area contributed by atoms with Crippen LogP contribution >= 0.6 is 0 Å². The highest BCUT2D eigenvalue weighted by Crippen LogP contribution is 2.39. The first kappa shape index (κ1) is 11.1. The van der Waals surface area contributed by atoms with Crippen molar-refractivity contribution in [2.75, 3.05) is 19.8 Å². The van der Waals surface area contributed by atoms with Gasteiger partial charge in [-0.05, 0) is 0 Å². The fourth-order valence-electron chi connectivity index (χ4n) is 2.52. The van der Waals surface area contributed by atoms with Gasteiger partial charge in [-0.2, -0.15) is 0 Å². The maximum Gasteiger partial charge on any atom is 0.294 e. The first-order valence-electron chi connectivity index (χ1n) is 5.47. The molecule has 5 atom stereocenters. The van der Waals surface area contributed by atoms with Crippen molar-refractivity contribution in [1.29, 1.82) is 0 Å². The molecule has 0 bridgehead atoms. The molecule has 8 nitrogen and oxygen atoms in total. The van der Waals surface area contributed by atoms with Crippen molar-refractivity contribution in [2.45, 2.75) is 36.4 Å². The summed E-state index contributed by atoms with van der Waals surface area (Å²) in [5.41, 5.74) is -1.12. The molecule has 0 aliphatic carbocycles. The van der Waals surface area contributed by atoms with Gasteiger partial charge in [0.1, 0.15) is 17.8 Å². The minimum atomic E-state index is -1.12. The summed E-state index contributed by atoms with van der Waals surface area (Å²) in [6.45, 7) is 0.790. The van der Waals surface area contributed by atoms with Crippen molar-refractivity contribution in [3.63, 3.8) is 0 Å². The molecule has 0 aromatic carbocycles. The maximum absolute atomic E-state index is 10.4. The van der Waals surface area contributed by atoms with Gasteiger partial charge in [-0.15, -0.1) is 10.1 Å². The molecule has 17 heavy (non-hydrogen) atoms. The number of epoxide rings is 1. The van der Waals surface area contributed by atoms with E-state index in [0.717, 1.165) is 0 Å². The molecule has 3 aliphatic rings. The van der Waals surface area contributed by atoms with Crippen LogP contribution in [0.5, 0.6) is 0 Å². The third kappa shape index (κ3) is 1.97. The van der Waals surface area contributed by atoms with Crippen LogP contribution < -0.4 is 0 Å². The molecular weight excluding hydrogens is 234 g/mol. The number of hydrogen-bond donors (Lipinski definition) is 1. The van der Waals surface area contributed by atoms with Gasteiger partial charge in [-0.3, -0.25) is 0 Å². The highest BCUT2D eigenvalue weighted by atomic mass is 17.0. The van der Waals surface area contributed by atoms with E-state index in [1.54, 1.807) is 0 Å². The second-order valence-corrected chi connectivity index (χ2v) is 4.66. The molecule has 3 aliphatic heterocycles. The minimum Gasteiger partial charge on any atom is -0.385 e. The Morgan fingerprint density at radius 1 is 1.41 bits per heavy atom. The summed E-state index contributed by atoms with van der Waals surface area (Å²) >= 11 is 0. The molecule has 0 amide bonds. The highest BCUT2D eigenvalue weighted by molar-refractivity contribution is 5.05. The molecule has 1 N–H and O–H groups in total. The third-order valence-corrected chi connectivity index (χ3v) is 3.37. The molecule has 3 saturated heterocycles. The lowest BCUT2D eigenvalue weighted by molar-refractivity contribution is -0.769. The quantitative estimate of drug-likeness (QED) is 0.381. The van der Waals surface area contributed by atoms with Gasteiger partial charge < -0.3 is 24.2 Å². The molecule has 0 saturated carbocycles. The highest BCUT2D eigenvalue weighted by Gasteiger charge is 2.58. The van der Waals surface area contributed by atoms with E-state index in [9.17, 15) is 15.2 Å². The molecule has 0 spiro atoms. The summed E-state index contributed by atoms with van der Waals surface area (Å²) in [4.78, 5) is 14.8. The number of nitrogens with zero attached hydrogens (tertiary/aromatic N) is 1. The second kappa shape index (κ2) is 3.77. The van der Waals surface area contributed by atoms with Crippen LogP contribution in [0.25, 0.3) is 0 Å². The topological polar surface area (TPSA) is 104 Å². The number of ether oxygens (including phenoxy) is 3. The zero-order chi connectivity index (χ0) is 12.0. The molecule has 8 heteroatoms. The summed E-state index contributed by atoms with van der Waals surface area (Å²) in [5.74, 6) is 0. The first-order valence-corrected chi connectivity index (χ1v) is 5.47. The Kier molecular flexibility index (Phi) is 2.47. The Morgan fingerprint density at radius 3 is 2.82 bits per heavy atom. The van der Waals surface area contributed by atoms with Crippen LogP contribution in [-0.2, 0) is 19.0 Å². The molecule has 0 aromatic heterocycles. The molecule has 3 fully saturated rings. The van der Waals surface area contributed by atoms with Gasteiger partial charge in [0, 0.05) is 6.42 Å². The summed E-state index contributed by atoms with van der Waals surface area (Å²) < 4.78 is 15.8. The molecule has 0 radical (unpaired) electrons. The van der Waals surface area contributed by atoms with E-state index in [0.29, 0.717) is 13.0 Å². The van der Waals surface area contributed by atoms with E-state index in [1.165, 1.54) is 0 Å². The smallest absolute Gasteiger partial charge is 0.294 e. The third-order valence-electron chi connectivity index (χ3n) is 3.37. The zero-order valence-electron chi connectivity index (χ0n) is 8.98. The van der Waals surface area contributed by atoms with Crippen molar-refractivity contribution >= 4 is 0 Å². The Balaban J connectivity index is 1.67. The Labute approximate surface area is 96.5 Å². The van der Waals surface area contributed by atoms with Crippen molar-refractivity contribution in [3.05, 3.63) is 10.1 Å². The molecule has 3 rings (SSSR count). The normalized spacial score (nSPS) is 47.8. The summed E-state index contributed by atoms with van der Waals surface area (Å²) in [6, 6.07) is 0. The van der Waals surface area contributed by atoms with Gasteiger partial charge in [0.25, 0.3) is 5.09 Å². The second-order valence-electron chi connectivity index (χ2n) is 4.66. The van der Waals surface area contributed by atoms with Crippen LogP contribution in [0.1, 0.15) is 6.42 Å². The van der Waals surface area contributed by atoms with Crippen LogP contribution in [-0.4, -0.2) is 60.0 Å². The predicted octanol–water partition coefficient (Wildman–Crippen LogP) is -1.12. The van der Waals surface area contributed by atoms with Crippen LogP contribution in [0, 0.1) is 10.1 Å². The molecular formula is C9H13NO7. The van der Waals surface area contributed by atoms with Crippen molar-refractivity contribution in [2.24, 2.45) is 0 Å². The van der Waals surface area contributed by atoms with Crippen LogP contribution in [0.15, 0.2) is 0 Å². The Bertz CT molecular complexity index is 333. The van der Waals surface area contributed by atoms with Crippen LogP contribution in [0.3, 0.4) is 0 Å². The van der Waals surface area contributed by atoms with Gasteiger partial charge in [-0.25, -0.2) is 0 Å². The van der Waals surface area contributed by atoms with E-state index in [-0.39, 0.29) is 19.3 Å². The van der Waals surface area contributed by atoms with Crippen LogP contribution in [0.2, 0.25) is 0 Å². The summed E-state index contributed by atoms with van der Waals surface area (Å²) in [6.07, 6.45) is -1.44. The lowest BCUT2D eigenvalue weighted by Crippen LogP contribution is -2.45. The van der Waals surface area contributed by atoms with Crippen LogP contribution in [0.4, 0.5) is 0 Å². The van der Waals surface area contributed by atoms with Crippen molar-refractivity contribution in [1.82, 2.24) is 0 Å². The number of hydrogen-bond acceptors (Lipinski definition) is 7. The van der Waals surface area contributed by atoms with Gasteiger partial charge in [-0.1, -0.05) is 0 Å². The molecule has 3 heterocycles. The Morgan fingerprint density at radius 2 is 2.18 bits per heavy atom. The molecule has 0 aromatic rings. The standard InChI is InChI=1S/C9H13NO7/c11-9(1-5-2-14-5)4-16-7-6(17-10(12)13)3-15-8(7)9/h5-8,11H,1-4H2/t5?,6-,7+,8-,9+/m0/s1.